The first kappa shape index (κ1) is 23.1. The van der Waals surface area contributed by atoms with Gasteiger partial charge in [-0.25, -0.2) is 10.9 Å². The number of piperidine rings is 2. The summed E-state index contributed by atoms with van der Waals surface area (Å²) in [6.07, 6.45) is -2.31. The number of amides is 1. The smallest absolute Gasteiger partial charge is 0.339 e. The van der Waals surface area contributed by atoms with Crippen molar-refractivity contribution in [1.29, 1.82) is 0 Å². The molecule has 5 N–H and O–H groups in total. The number of nitrogens with one attached hydrogen (secondary N) is 5. The van der Waals surface area contributed by atoms with E-state index in [9.17, 15) is 18.0 Å². The number of thioether (sulfide) groups is 1. The number of rotatable bonds is 5. The van der Waals surface area contributed by atoms with Crippen LogP contribution in [-0.4, -0.2) is 66.2 Å². The molecule has 7 atom stereocenters. The maximum absolute atomic E-state index is 13.1. The number of nitrogens with zero attached hydrogens (tertiary/aromatic N) is 1. The van der Waals surface area contributed by atoms with E-state index in [2.05, 4.69) is 45.7 Å². The van der Waals surface area contributed by atoms with Crippen LogP contribution in [0.1, 0.15) is 39.5 Å². The number of hydrazine groups is 1. The minimum Gasteiger partial charge on any atom is -0.339 e. The summed E-state index contributed by atoms with van der Waals surface area (Å²) in [6.45, 7) is 5.55. The molecule has 0 saturated carbocycles. The molecule has 168 valence electrons. The fourth-order valence-corrected chi connectivity index (χ4v) is 5.66. The predicted octanol–water partition coefficient (Wildman–Crippen LogP) is 1.15. The molecule has 0 aliphatic carbocycles. The van der Waals surface area contributed by atoms with Crippen LogP contribution >= 0.6 is 11.8 Å². The number of halogens is 3. The lowest BCUT2D eigenvalue weighted by molar-refractivity contribution is -0.168. The number of hydrogen-bond acceptors (Lipinski definition) is 7. The molecule has 6 unspecified atom stereocenters. The van der Waals surface area contributed by atoms with Gasteiger partial charge in [-0.2, -0.15) is 13.2 Å². The second-order valence-electron chi connectivity index (χ2n) is 8.62. The topological polar surface area (TPSA) is 80.5 Å². The Hall–Kier alpha value is -0.590. The van der Waals surface area contributed by atoms with Crippen LogP contribution in [0.15, 0.2) is 0 Å². The molecule has 0 bridgehead atoms. The van der Waals surface area contributed by atoms with Gasteiger partial charge in [-0.15, -0.1) is 11.8 Å². The molecule has 0 aromatic rings. The SMILES string of the molecule is CC1CC(C(=O)NC2CC([C@H](C)SC3NNCN3C)CCN2)NC(C(F)(F)F)C1. The Kier molecular flexibility index (Phi) is 7.72. The number of carbonyl (C=O) groups excluding carboxylic acids is 1. The molecule has 1 amide bonds. The van der Waals surface area contributed by atoms with Gasteiger partial charge in [-0.1, -0.05) is 13.8 Å². The lowest BCUT2D eigenvalue weighted by Crippen LogP contribution is -2.60. The zero-order valence-corrected chi connectivity index (χ0v) is 18.0. The maximum atomic E-state index is 13.1. The lowest BCUT2D eigenvalue weighted by Gasteiger charge is -2.38. The highest BCUT2D eigenvalue weighted by molar-refractivity contribution is 8.00. The Morgan fingerprint density at radius 3 is 2.69 bits per heavy atom. The molecular formula is C18H33F3N6OS. The highest BCUT2D eigenvalue weighted by Crippen LogP contribution is 2.32. The number of alkyl halides is 3. The van der Waals surface area contributed by atoms with E-state index >= 15 is 0 Å². The van der Waals surface area contributed by atoms with Crippen molar-refractivity contribution < 1.29 is 18.0 Å². The standard InChI is InChI=1S/C18H33F3N6OS/c1-10-6-13(24-14(7-10)18(19,20)21)16(28)25-15-8-12(4-5-22-15)11(2)29-17-26-23-9-27(17)3/h10-15,17,22-24,26H,4-9H2,1-3H3,(H,25,28)/t10?,11-,12?,13?,14?,15?,17?/m0/s1. The number of hydrogen-bond donors (Lipinski definition) is 5. The van der Waals surface area contributed by atoms with Gasteiger partial charge >= 0.3 is 6.18 Å². The molecule has 0 radical (unpaired) electrons. The lowest BCUT2D eigenvalue weighted by atomic mass is 9.88. The summed E-state index contributed by atoms with van der Waals surface area (Å²) in [4.78, 5) is 14.9. The molecule has 3 heterocycles. The van der Waals surface area contributed by atoms with Crippen LogP contribution in [0.5, 0.6) is 0 Å². The summed E-state index contributed by atoms with van der Waals surface area (Å²) in [5.74, 6) is -0.0687. The monoisotopic (exact) mass is 438 g/mol. The van der Waals surface area contributed by atoms with Gasteiger partial charge in [0.25, 0.3) is 0 Å². The molecule has 3 fully saturated rings. The van der Waals surface area contributed by atoms with Gasteiger partial charge in [0.2, 0.25) is 5.91 Å². The zero-order valence-electron chi connectivity index (χ0n) is 17.2. The average molecular weight is 439 g/mol. The fraction of sp³-hybridized carbons (Fsp3) is 0.944. The minimum atomic E-state index is -4.33. The van der Waals surface area contributed by atoms with Crippen LogP contribution in [0, 0.1) is 11.8 Å². The van der Waals surface area contributed by atoms with E-state index in [1.165, 1.54) is 0 Å². The summed E-state index contributed by atoms with van der Waals surface area (Å²) in [6, 6.07) is -2.42. The van der Waals surface area contributed by atoms with Crippen molar-refractivity contribution in [3.63, 3.8) is 0 Å². The largest absolute Gasteiger partial charge is 0.403 e. The minimum absolute atomic E-state index is 0.0181. The molecule has 29 heavy (non-hydrogen) atoms. The van der Waals surface area contributed by atoms with E-state index in [-0.39, 0.29) is 29.9 Å². The van der Waals surface area contributed by atoms with Gasteiger partial charge in [0.1, 0.15) is 11.5 Å². The molecule has 0 aromatic carbocycles. The molecule has 3 rings (SSSR count). The second-order valence-corrected chi connectivity index (χ2v) is 10.1. The van der Waals surface area contributed by atoms with Gasteiger partial charge in [0.15, 0.2) is 0 Å². The molecule has 0 aromatic heterocycles. The van der Waals surface area contributed by atoms with E-state index in [0.29, 0.717) is 17.6 Å². The number of carbonyl (C=O) groups is 1. The maximum Gasteiger partial charge on any atom is 0.403 e. The fourth-order valence-electron chi connectivity index (χ4n) is 4.35. The van der Waals surface area contributed by atoms with Crippen molar-refractivity contribution in [1.82, 2.24) is 31.7 Å². The highest BCUT2D eigenvalue weighted by atomic mass is 32.2. The van der Waals surface area contributed by atoms with Crippen LogP contribution in [-0.2, 0) is 4.79 Å². The third-order valence-corrected chi connectivity index (χ3v) is 7.66. The Labute approximate surface area is 174 Å². The summed E-state index contributed by atoms with van der Waals surface area (Å²) >= 11 is 1.85. The van der Waals surface area contributed by atoms with Gasteiger partial charge in [-0.05, 0) is 51.1 Å². The van der Waals surface area contributed by atoms with Crippen LogP contribution in [0.3, 0.4) is 0 Å². The van der Waals surface area contributed by atoms with Crippen molar-refractivity contribution in [2.45, 2.75) is 74.7 Å². The first-order chi connectivity index (χ1) is 13.6. The van der Waals surface area contributed by atoms with Crippen LogP contribution in [0.4, 0.5) is 13.2 Å². The van der Waals surface area contributed by atoms with E-state index in [4.69, 9.17) is 0 Å². The van der Waals surface area contributed by atoms with E-state index < -0.39 is 18.3 Å². The Morgan fingerprint density at radius 1 is 1.28 bits per heavy atom. The van der Waals surface area contributed by atoms with Crippen LogP contribution in [0.25, 0.3) is 0 Å². The molecule has 7 nitrogen and oxygen atoms in total. The van der Waals surface area contributed by atoms with Crippen LogP contribution < -0.4 is 26.8 Å². The summed E-state index contributed by atoms with van der Waals surface area (Å²) in [5.41, 5.74) is 6.56. The first-order valence-electron chi connectivity index (χ1n) is 10.3. The Morgan fingerprint density at radius 2 is 2.03 bits per heavy atom. The van der Waals surface area contributed by atoms with Crippen molar-refractivity contribution in [3.05, 3.63) is 0 Å². The third-order valence-electron chi connectivity index (χ3n) is 6.11. The Balaban J connectivity index is 1.51. The van der Waals surface area contributed by atoms with Gasteiger partial charge in [-0.3, -0.25) is 20.3 Å². The molecule has 3 aliphatic rings. The first-order valence-corrected chi connectivity index (χ1v) is 11.3. The van der Waals surface area contributed by atoms with Crippen molar-refractivity contribution in [2.75, 3.05) is 20.3 Å². The van der Waals surface area contributed by atoms with E-state index in [0.717, 1.165) is 26.1 Å². The van der Waals surface area contributed by atoms with Gasteiger partial charge in [0, 0.05) is 5.25 Å². The van der Waals surface area contributed by atoms with E-state index in [1.54, 1.807) is 6.92 Å². The molecule has 3 aliphatic heterocycles. The summed E-state index contributed by atoms with van der Waals surface area (Å²) in [5, 5.41) is 9.14. The van der Waals surface area contributed by atoms with Crippen molar-refractivity contribution in [2.24, 2.45) is 11.8 Å². The molecule has 0 spiro atoms. The van der Waals surface area contributed by atoms with Gasteiger partial charge in [0.05, 0.1) is 18.9 Å². The molecular weight excluding hydrogens is 405 g/mol. The summed E-state index contributed by atoms with van der Waals surface area (Å²) < 4.78 is 39.4. The normalized spacial score (nSPS) is 38.0. The Bertz CT molecular complexity index is 568. The predicted molar refractivity (Wildman–Crippen MR) is 108 cm³/mol. The van der Waals surface area contributed by atoms with Crippen LogP contribution in [0.2, 0.25) is 0 Å². The zero-order chi connectivity index (χ0) is 21.2. The highest BCUT2D eigenvalue weighted by Gasteiger charge is 2.45. The average Bonchev–Trinajstić information content (AvgIpc) is 3.05. The second kappa shape index (κ2) is 9.69. The van der Waals surface area contributed by atoms with Crippen molar-refractivity contribution in [3.8, 4) is 0 Å². The summed E-state index contributed by atoms with van der Waals surface area (Å²) in [7, 11) is 2.05. The molecule has 3 saturated heterocycles. The van der Waals surface area contributed by atoms with Gasteiger partial charge < -0.3 is 5.32 Å². The quantitative estimate of drug-likeness (QED) is 0.441. The third kappa shape index (κ3) is 6.20. The van der Waals surface area contributed by atoms with E-state index in [1.807, 2.05) is 11.8 Å². The van der Waals surface area contributed by atoms with Crippen molar-refractivity contribution >= 4 is 17.7 Å². The molecule has 11 heteroatoms.